The van der Waals surface area contributed by atoms with Crippen molar-refractivity contribution in [3.8, 4) is 11.8 Å². The Balaban J connectivity index is 1.29. The number of hydrogen-bond acceptors (Lipinski definition) is 7. The maximum Gasteiger partial charge on any atom is 0.249 e. The molecule has 0 radical (unpaired) electrons. The lowest BCUT2D eigenvalue weighted by atomic mass is 9.87. The molecule has 10 nitrogen and oxygen atoms in total. The van der Waals surface area contributed by atoms with Gasteiger partial charge < -0.3 is 25.2 Å². The minimum atomic E-state index is -0.748. The molecule has 2 aromatic rings. The molecular formula is C39H50FN5O5S. The molecule has 0 bridgehead atoms. The number of para-hydroxylation sites is 2. The molecule has 0 saturated carbocycles. The molecule has 12 heteroatoms. The third-order valence-corrected chi connectivity index (χ3v) is 11.6. The molecule has 2 N–H and O–H groups in total. The lowest BCUT2D eigenvalue weighted by Crippen LogP contribution is -2.55. The van der Waals surface area contributed by atoms with Gasteiger partial charge in [0.15, 0.2) is 0 Å². The number of nitrogens with zero attached hydrogens (tertiary/aromatic N) is 3. The average Bonchev–Trinajstić information content (AvgIpc) is 3.42. The number of methoxy groups -OCH3 is 1. The fourth-order valence-corrected chi connectivity index (χ4v) is 8.93. The number of nitriles is 1. The third-order valence-electron chi connectivity index (χ3n) is 10.3. The van der Waals surface area contributed by atoms with Crippen molar-refractivity contribution >= 4 is 41.1 Å². The summed E-state index contributed by atoms with van der Waals surface area (Å²) in [5, 5.41) is 15.8. The Kier molecular flexibility index (Phi) is 13.8. The van der Waals surface area contributed by atoms with Gasteiger partial charge in [-0.1, -0.05) is 37.6 Å². The van der Waals surface area contributed by atoms with Gasteiger partial charge in [-0.3, -0.25) is 19.2 Å². The number of piperidine rings is 1. The largest absolute Gasteiger partial charge is 0.495 e. The maximum atomic E-state index is 14.0. The number of hydrogen-bond donors (Lipinski definition) is 2. The number of amides is 4. The number of nitrogens with one attached hydrogen (secondary N) is 2. The van der Waals surface area contributed by atoms with Crippen LogP contribution in [0.15, 0.2) is 48.5 Å². The summed E-state index contributed by atoms with van der Waals surface area (Å²) in [6.07, 6.45) is 7.30. The summed E-state index contributed by atoms with van der Waals surface area (Å²) in [5.41, 5.74) is 1.45. The zero-order chi connectivity index (χ0) is 36.3. The van der Waals surface area contributed by atoms with Crippen LogP contribution in [-0.2, 0) is 25.6 Å². The molecule has 51 heavy (non-hydrogen) atoms. The molecule has 274 valence electrons. The van der Waals surface area contributed by atoms with Gasteiger partial charge in [0.1, 0.15) is 29.7 Å². The molecule has 3 aliphatic rings. The summed E-state index contributed by atoms with van der Waals surface area (Å²) in [5.74, 6) is -1.02. The Hall–Kier alpha value is -4.11. The number of carbonyl (C=O) groups is 4. The van der Waals surface area contributed by atoms with E-state index in [2.05, 4.69) is 16.7 Å². The van der Waals surface area contributed by atoms with Gasteiger partial charge in [-0.25, -0.2) is 4.39 Å². The van der Waals surface area contributed by atoms with Crippen molar-refractivity contribution in [3.05, 3.63) is 59.9 Å². The van der Waals surface area contributed by atoms with E-state index in [4.69, 9.17) is 4.74 Å². The number of carbonyl (C=O) groups excluding carboxylic acids is 4. The van der Waals surface area contributed by atoms with Gasteiger partial charge in [0.25, 0.3) is 0 Å². The molecule has 3 saturated heterocycles. The third kappa shape index (κ3) is 9.61. The van der Waals surface area contributed by atoms with Crippen molar-refractivity contribution in [1.29, 1.82) is 5.26 Å². The lowest BCUT2D eigenvalue weighted by molar-refractivity contribution is -0.140. The minimum absolute atomic E-state index is 0.0664. The number of fused-ring (bicyclic) bond motifs is 1. The SMILES string of the molecule is CCC[C@@H](CC[C@H](Cc1ccc(F)cc1)C(=O)N[C@H]1CCS[C@H]2CCCC(C#N)N2C1=O)C(=O)N[C@H]1CCCCN(c2ccccc2OC)C1=O. The van der Waals surface area contributed by atoms with Crippen LogP contribution < -0.4 is 20.3 Å². The second-order valence-electron chi connectivity index (χ2n) is 13.8. The first-order valence-electron chi connectivity index (χ1n) is 18.4. The van der Waals surface area contributed by atoms with Gasteiger partial charge in [0, 0.05) is 18.4 Å². The van der Waals surface area contributed by atoms with E-state index in [-0.39, 0.29) is 34.8 Å². The molecule has 5 rings (SSSR count). The van der Waals surface area contributed by atoms with E-state index in [1.807, 2.05) is 31.2 Å². The van der Waals surface area contributed by atoms with E-state index in [9.17, 15) is 28.8 Å². The van der Waals surface area contributed by atoms with Gasteiger partial charge in [0.05, 0.1) is 24.2 Å². The van der Waals surface area contributed by atoms with Crippen LogP contribution in [0.2, 0.25) is 0 Å². The highest BCUT2D eigenvalue weighted by molar-refractivity contribution is 7.99. The predicted molar refractivity (Wildman–Crippen MR) is 195 cm³/mol. The predicted octanol–water partition coefficient (Wildman–Crippen LogP) is 5.74. The first kappa shape index (κ1) is 38.1. The highest BCUT2D eigenvalue weighted by Crippen LogP contribution is 2.35. The fraction of sp³-hybridized carbons (Fsp3) is 0.564. The Bertz CT molecular complexity index is 1570. The van der Waals surface area contributed by atoms with Crippen LogP contribution in [0, 0.1) is 29.0 Å². The van der Waals surface area contributed by atoms with Gasteiger partial charge in [-0.15, -0.1) is 11.8 Å². The Morgan fingerprint density at radius 3 is 2.35 bits per heavy atom. The zero-order valence-electron chi connectivity index (χ0n) is 29.7. The van der Waals surface area contributed by atoms with Crippen LogP contribution in [0.1, 0.15) is 83.1 Å². The van der Waals surface area contributed by atoms with Crippen LogP contribution >= 0.6 is 11.8 Å². The molecule has 3 heterocycles. The second-order valence-corrected chi connectivity index (χ2v) is 15.1. The van der Waals surface area contributed by atoms with Crippen molar-refractivity contribution in [3.63, 3.8) is 0 Å². The van der Waals surface area contributed by atoms with E-state index < -0.39 is 30.0 Å². The summed E-state index contributed by atoms with van der Waals surface area (Å²) < 4.78 is 19.3. The fourth-order valence-electron chi connectivity index (χ4n) is 7.54. The molecule has 6 atom stereocenters. The second kappa shape index (κ2) is 18.4. The minimum Gasteiger partial charge on any atom is -0.495 e. The van der Waals surface area contributed by atoms with Crippen LogP contribution in [0.3, 0.4) is 0 Å². The van der Waals surface area contributed by atoms with E-state index in [1.54, 1.807) is 40.8 Å². The highest BCUT2D eigenvalue weighted by atomic mass is 32.2. The normalized spacial score (nSPS) is 23.6. The zero-order valence-corrected chi connectivity index (χ0v) is 30.5. The molecule has 3 fully saturated rings. The van der Waals surface area contributed by atoms with Gasteiger partial charge in [-0.2, -0.15) is 5.26 Å². The van der Waals surface area contributed by atoms with Crippen LogP contribution in [-0.4, -0.2) is 71.4 Å². The van der Waals surface area contributed by atoms with Crippen LogP contribution in [0.4, 0.5) is 10.1 Å². The molecule has 0 aliphatic carbocycles. The maximum absolute atomic E-state index is 14.0. The van der Waals surface area contributed by atoms with Crippen LogP contribution in [0.25, 0.3) is 0 Å². The van der Waals surface area contributed by atoms with Gasteiger partial charge in [0.2, 0.25) is 23.6 Å². The number of ether oxygens (including phenoxy) is 1. The molecule has 2 aromatic carbocycles. The van der Waals surface area contributed by atoms with Gasteiger partial charge in [-0.05, 0) is 106 Å². The number of thioether (sulfide) groups is 1. The van der Waals surface area contributed by atoms with E-state index >= 15 is 0 Å². The first-order chi connectivity index (χ1) is 24.7. The highest BCUT2D eigenvalue weighted by Gasteiger charge is 2.41. The number of rotatable bonds is 13. The van der Waals surface area contributed by atoms with Crippen molar-refractivity contribution in [2.45, 2.75) is 107 Å². The molecular weight excluding hydrogens is 670 g/mol. The first-order valence-corrected chi connectivity index (χ1v) is 19.4. The van der Waals surface area contributed by atoms with E-state index in [0.29, 0.717) is 68.7 Å². The average molecular weight is 720 g/mol. The number of benzene rings is 2. The summed E-state index contributed by atoms with van der Waals surface area (Å²) >= 11 is 1.66. The van der Waals surface area contributed by atoms with Crippen molar-refractivity contribution in [1.82, 2.24) is 15.5 Å². The monoisotopic (exact) mass is 719 g/mol. The molecule has 1 unspecified atom stereocenters. The molecule has 3 aliphatic heterocycles. The topological polar surface area (TPSA) is 132 Å². The van der Waals surface area contributed by atoms with Crippen molar-refractivity contribution in [2.24, 2.45) is 11.8 Å². The standard InChI is InChI=1S/C39H50FN5O5S/c1-3-9-27(36(46)42-31-11-6-7-22-44(38(31)48)33-12-4-5-13-34(33)50-2)17-18-28(24-26-15-19-29(40)20-16-26)37(47)43-32-21-23-51-35-14-8-10-30(25-41)45(35)39(32)49/h4-5,12-13,15-16,19-20,27-28,30-32,35H,3,6-11,14,17-18,21-24H2,1-2H3,(H,42,46)(H,43,47)/t27-,28+,30?,31-,32-,35-/m0/s1. The lowest BCUT2D eigenvalue weighted by Gasteiger charge is -2.38. The molecule has 0 spiro atoms. The Labute approximate surface area is 304 Å². The quantitative estimate of drug-likeness (QED) is 0.270. The molecule has 0 aromatic heterocycles. The summed E-state index contributed by atoms with van der Waals surface area (Å²) in [4.78, 5) is 58.8. The van der Waals surface area contributed by atoms with Gasteiger partial charge >= 0.3 is 0 Å². The number of anilines is 1. The van der Waals surface area contributed by atoms with Crippen molar-refractivity contribution < 1.29 is 28.3 Å². The summed E-state index contributed by atoms with van der Waals surface area (Å²) in [6.45, 7) is 2.53. The van der Waals surface area contributed by atoms with E-state index in [1.165, 1.54) is 12.1 Å². The summed E-state index contributed by atoms with van der Waals surface area (Å²) in [6, 6.07) is 13.7. The Morgan fingerprint density at radius 1 is 0.922 bits per heavy atom. The van der Waals surface area contributed by atoms with Crippen LogP contribution in [0.5, 0.6) is 5.75 Å². The molecule has 4 amide bonds. The van der Waals surface area contributed by atoms with Crippen molar-refractivity contribution in [2.75, 3.05) is 24.3 Å². The smallest absolute Gasteiger partial charge is 0.249 e. The summed E-state index contributed by atoms with van der Waals surface area (Å²) in [7, 11) is 1.57. The Morgan fingerprint density at radius 2 is 1.63 bits per heavy atom. The van der Waals surface area contributed by atoms with E-state index in [0.717, 1.165) is 37.7 Å². The number of halogens is 1.